The number of nitrogens with zero attached hydrogens (tertiary/aromatic N) is 4. The van der Waals surface area contributed by atoms with Crippen molar-refractivity contribution in [3.8, 4) is 11.6 Å². The largest absolute Gasteiger partial charge is 0.437 e. The van der Waals surface area contributed by atoms with Crippen molar-refractivity contribution < 1.29 is 4.74 Å². The molecule has 5 nitrogen and oxygen atoms in total. The molecule has 0 aliphatic heterocycles. The first-order chi connectivity index (χ1) is 9.15. The van der Waals surface area contributed by atoms with E-state index in [9.17, 15) is 0 Å². The minimum atomic E-state index is 0.502. The van der Waals surface area contributed by atoms with Gasteiger partial charge in [0.05, 0.1) is 10.7 Å². The molecule has 0 radical (unpaired) electrons. The highest BCUT2D eigenvalue weighted by Crippen LogP contribution is 2.32. The SMILES string of the molecule is Cc1ccc(Oc2ncnc3c2cnn3C)c(Br)c1. The van der Waals surface area contributed by atoms with Crippen LogP contribution in [0.3, 0.4) is 0 Å². The summed E-state index contributed by atoms with van der Waals surface area (Å²) in [6, 6.07) is 5.89. The Bertz CT molecular complexity index is 753. The summed E-state index contributed by atoms with van der Waals surface area (Å²) in [5.41, 5.74) is 1.90. The topological polar surface area (TPSA) is 52.8 Å². The number of aromatic nitrogens is 4. The van der Waals surface area contributed by atoms with E-state index in [1.54, 1.807) is 10.9 Å². The first kappa shape index (κ1) is 12.1. The Morgan fingerprint density at radius 3 is 2.89 bits per heavy atom. The van der Waals surface area contributed by atoms with Crippen LogP contribution in [0.15, 0.2) is 35.2 Å². The molecule has 96 valence electrons. The normalized spacial score (nSPS) is 10.9. The summed E-state index contributed by atoms with van der Waals surface area (Å²) in [5, 5.41) is 4.95. The Hall–Kier alpha value is -1.95. The van der Waals surface area contributed by atoms with Gasteiger partial charge in [-0.1, -0.05) is 6.07 Å². The maximum Gasteiger partial charge on any atom is 0.233 e. The summed E-state index contributed by atoms with van der Waals surface area (Å²) in [4.78, 5) is 8.35. The molecule has 0 unspecified atom stereocenters. The maximum atomic E-state index is 5.84. The van der Waals surface area contributed by atoms with Gasteiger partial charge < -0.3 is 4.74 Å². The van der Waals surface area contributed by atoms with Gasteiger partial charge in [-0.25, -0.2) is 9.97 Å². The molecule has 0 bridgehead atoms. The molecule has 0 fully saturated rings. The highest BCUT2D eigenvalue weighted by molar-refractivity contribution is 9.10. The Morgan fingerprint density at radius 1 is 1.26 bits per heavy atom. The quantitative estimate of drug-likeness (QED) is 0.728. The zero-order chi connectivity index (χ0) is 13.4. The predicted molar refractivity (Wildman–Crippen MR) is 75.3 cm³/mol. The van der Waals surface area contributed by atoms with Crippen LogP contribution in [0.5, 0.6) is 11.6 Å². The Balaban J connectivity index is 2.06. The number of halogens is 1. The average Bonchev–Trinajstić information content (AvgIpc) is 2.76. The van der Waals surface area contributed by atoms with Gasteiger partial charge in [0.25, 0.3) is 0 Å². The average molecular weight is 319 g/mol. The summed E-state index contributed by atoms with van der Waals surface area (Å²) in [6.07, 6.45) is 3.17. The van der Waals surface area contributed by atoms with Crippen molar-refractivity contribution in [2.75, 3.05) is 0 Å². The van der Waals surface area contributed by atoms with Crippen molar-refractivity contribution in [1.82, 2.24) is 19.7 Å². The summed E-state index contributed by atoms with van der Waals surface area (Å²) >= 11 is 3.48. The number of benzene rings is 1. The third-order valence-electron chi connectivity index (χ3n) is 2.79. The van der Waals surface area contributed by atoms with Crippen LogP contribution in [0.2, 0.25) is 0 Å². The van der Waals surface area contributed by atoms with Crippen molar-refractivity contribution in [3.05, 3.63) is 40.8 Å². The molecule has 0 saturated heterocycles. The molecule has 2 aromatic heterocycles. The van der Waals surface area contributed by atoms with E-state index in [4.69, 9.17) is 4.74 Å². The molecule has 3 rings (SSSR count). The van der Waals surface area contributed by atoms with Crippen molar-refractivity contribution in [2.45, 2.75) is 6.92 Å². The smallest absolute Gasteiger partial charge is 0.233 e. The van der Waals surface area contributed by atoms with Gasteiger partial charge in [-0.15, -0.1) is 0 Å². The monoisotopic (exact) mass is 318 g/mol. The second-order valence-corrected chi connectivity index (χ2v) is 5.07. The molecule has 2 heterocycles. The van der Waals surface area contributed by atoms with Crippen LogP contribution in [0.4, 0.5) is 0 Å². The van der Waals surface area contributed by atoms with Crippen molar-refractivity contribution in [1.29, 1.82) is 0 Å². The van der Waals surface area contributed by atoms with E-state index in [2.05, 4.69) is 31.0 Å². The van der Waals surface area contributed by atoms with Crippen LogP contribution < -0.4 is 4.74 Å². The Morgan fingerprint density at radius 2 is 2.11 bits per heavy atom. The molecule has 1 aromatic carbocycles. The van der Waals surface area contributed by atoms with Crippen LogP contribution in [0.25, 0.3) is 11.0 Å². The van der Waals surface area contributed by atoms with Crippen molar-refractivity contribution in [3.63, 3.8) is 0 Å². The molecule has 19 heavy (non-hydrogen) atoms. The fraction of sp³-hybridized carbons (Fsp3) is 0.154. The number of fused-ring (bicyclic) bond motifs is 1. The molecule has 0 atom stereocenters. The highest BCUT2D eigenvalue weighted by Gasteiger charge is 2.11. The van der Waals surface area contributed by atoms with Gasteiger partial charge in [0.15, 0.2) is 5.65 Å². The Labute approximate surface area is 118 Å². The van der Waals surface area contributed by atoms with Gasteiger partial charge in [-0.05, 0) is 40.5 Å². The third-order valence-corrected chi connectivity index (χ3v) is 3.41. The van der Waals surface area contributed by atoms with E-state index >= 15 is 0 Å². The number of aryl methyl sites for hydroxylation is 2. The van der Waals surface area contributed by atoms with Gasteiger partial charge in [0.2, 0.25) is 5.88 Å². The molecule has 3 aromatic rings. The molecule has 0 N–H and O–H groups in total. The van der Waals surface area contributed by atoms with Crippen molar-refractivity contribution >= 4 is 27.0 Å². The summed E-state index contributed by atoms with van der Waals surface area (Å²) in [6.45, 7) is 2.03. The van der Waals surface area contributed by atoms with Crippen LogP contribution in [0, 0.1) is 6.92 Å². The molecule has 0 aliphatic rings. The standard InChI is InChI=1S/C13H11BrN4O/c1-8-3-4-11(10(14)5-8)19-13-9-6-17-18(2)12(9)15-7-16-13/h3-7H,1-2H3. The highest BCUT2D eigenvalue weighted by atomic mass is 79.9. The van der Waals surface area contributed by atoms with Gasteiger partial charge in [-0.2, -0.15) is 5.10 Å². The molecule has 0 amide bonds. The lowest BCUT2D eigenvalue weighted by atomic mass is 10.2. The number of hydrogen-bond donors (Lipinski definition) is 0. The summed E-state index contributed by atoms with van der Waals surface area (Å²) < 4.78 is 8.42. The lowest BCUT2D eigenvalue weighted by molar-refractivity contribution is 0.465. The molecule has 0 spiro atoms. The zero-order valence-corrected chi connectivity index (χ0v) is 12.0. The summed E-state index contributed by atoms with van der Waals surface area (Å²) in [5.74, 6) is 1.22. The van der Waals surface area contributed by atoms with Gasteiger partial charge in [0, 0.05) is 7.05 Å². The number of hydrogen-bond acceptors (Lipinski definition) is 4. The van der Waals surface area contributed by atoms with Gasteiger partial charge in [0.1, 0.15) is 17.5 Å². The van der Waals surface area contributed by atoms with E-state index in [0.717, 1.165) is 26.8 Å². The molecular weight excluding hydrogens is 308 g/mol. The van der Waals surface area contributed by atoms with Crippen LogP contribution in [-0.2, 0) is 7.05 Å². The molecule has 0 saturated carbocycles. The number of ether oxygens (including phenoxy) is 1. The molecule has 6 heteroatoms. The first-order valence-electron chi connectivity index (χ1n) is 5.72. The number of rotatable bonds is 2. The lowest BCUT2D eigenvalue weighted by Crippen LogP contribution is -1.94. The van der Waals surface area contributed by atoms with Crippen LogP contribution in [0.1, 0.15) is 5.56 Å². The van der Waals surface area contributed by atoms with Gasteiger partial charge >= 0.3 is 0 Å². The first-order valence-corrected chi connectivity index (χ1v) is 6.51. The van der Waals surface area contributed by atoms with Crippen molar-refractivity contribution in [2.24, 2.45) is 7.05 Å². The van der Waals surface area contributed by atoms with Crippen LogP contribution in [-0.4, -0.2) is 19.7 Å². The summed E-state index contributed by atoms with van der Waals surface area (Å²) in [7, 11) is 1.83. The molecular formula is C13H11BrN4O. The second-order valence-electron chi connectivity index (χ2n) is 4.22. The zero-order valence-electron chi connectivity index (χ0n) is 10.5. The fourth-order valence-corrected chi connectivity index (χ4v) is 2.39. The van der Waals surface area contributed by atoms with Crippen LogP contribution >= 0.6 is 15.9 Å². The Kier molecular flexibility index (Phi) is 2.94. The maximum absolute atomic E-state index is 5.84. The van der Waals surface area contributed by atoms with E-state index in [1.807, 2.05) is 32.2 Å². The van der Waals surface area contributed by atoms with E-state index in [-0.39, 0.29) is 0 Å². The second kappa shape index (κ2) is 4.62. The molecule has 0 aliphatic carbocycles. The lowest BCUT2D eigenvalue weighted by Gasteiger charge is -2.07. The predicted octanol–water partition coefficient (Wildman–Crippen LogP) is 3.23. The fourth-order valence-electron chi connectivity index (χ4n) is 1.81. The van der Waals surface area contributed by atoms with Gasteiger partial charge in [-0.3, -0.25) is 4.68 Å². The minimum Gasteiger partial charge on any atom is -0.437 e. The van der Waals surface area contributed by atoms with E-state index in [1.165, 1.54) is 6.33 Å². The van der Waals surface area contributed by atoms with E-state index < -0.39 is 0 Å². The van der Waals surface area contributed by atoms with E-state index in [0.29, 0.717) is 5.88 Å². The minimum absolute atomic E-state index is 0.502. The third kappa shape index (κ3) is 2.19.